The molecule has 84 valence electrons. The van der Waals surface area contributed by atoms with Gasteiger partial charge in [0.25, 0.3) is 0 Å². The molecule has 0 aliphatic carbocycles. The van der Waals surface area contributed by atoms with Crippen LogP contribution in [0, 0.1) is 0 Å². The molecule has 5 heteroatoms. The highest BCUT2D eigenvalue weighted by molar-refractivity contribution is 6.30. The van der Waals surface area contributed by atoms with Crippen LogP contribution in [0.5, 0.6) is 5.75 Å². The van der Waals surface area contributed by atoms with E-state index in [4.69, 9.17) is 11.6 Å². The lowest BCUT2D eigenvalue weighted by molar-refractivity contribution is -0.274. The third-order valence-corrected chi connectivity index (χ3v) is 2.01. The Morgan fingerprint density at radius 2 is 2.00 bits per heavy atom. The molecule has 0 saturated heterocycles. The van der Waals surface area contributed by atoms with Crippen LogP contribution in [0.1, 0.15) is 18.9 Å². The molecule has 0 aromatic heterocycles. The summed E-state index contributed by atoms with van der Waals surface area (Å²) >= 11 is 5.60. The summed E-state index contributed by atoms with van der Waals surface area (Å²) in [6.07, 6.45) is -3.40. The quantitative estimate of drug-likeness (QED) is 0.767. The number of benzene rings is 1. The molecule has 0 atom stereocenters. The zero-order valence-corrected chi connectivity index (χ0v) is 8.82. The fraction of sp³-hybridized carbons (Fsp3) is 0.400. The lowest BCUT2D eigenvalue weighted by atomic mass is 10.1. The number of alkyl halides is 3. The highest BCUT2D eigenvalue weighted by Crippen LogP contribution is 2.29. The Morgan fingerprint density at radius 1 is 1.33 bits per heavy atom. The van der Waals surface area contributed by atoms with E-state index in [2.05, 4.69) is 4.74 Å². The van der Waals surface area contributed by atoms with Gasteiger partial charge in [-0.2, -0.15) is 0 Å². The van der Waals surface area contributed by atoms with E-state index >= 15 is 0 Å². The first-order chi connectivity index (χ1) is 6.92. The highest BCUT2D eigenvalue weighted by Gasteiger charge is 2.32. The Bertz CT molecular complexity index is 336. The molecule has 0 aliphatic rings. The molecule has 0 spiro atoms. The molecule has 0 amide bonds. The van der Waals surface area contributed by atoms with Crippen molar-refractivity contribution < 1.29 is 17.9 Å². The van der Waals surface area contributed by atoms with Gasteiger partial charge in [-0.15, -0.1) is 13.2 Å². The van der Waals surface area contributed by atoms with Crippen molar-refractivity contribution in [1.29, 1.82) is 0 Å². The van der Waals surface area contributed by atoms with E-state index in [9.17, 15) is 13.2 Å². The molecule has 0 aliphatic heterocycles. The summed E-state index contributed by atoms with van der Waals surface area (Å²) in [7, 11) is 0. The monoisotopic (exact) mass is 238 g/mol. The van der Waals surface area contributed by atoms with Crippen LogP contribution in [0.3, 0.4) is 0 Å². The first kappa shape index (κ1) is 12.2. The van der Waals surface area contributed by atoms with Crippen molar-refractivity contribution in [1.82, 2.24) is 0 Å². The minimum Gasteiger partial charge on any atom is -0.405 e. The van der Waals surface area contributed by atoms with Crippen molar-refractivity contribution in [3.8, 4) is 5.75 Å². The van der Waals surface area contributed by atoms with Crippen molar-refractivity contribution in [3.05, 3.63) is 28.8 Å². The Labute approximate surface area is 90.8 Å². The molecule has 0 bridgehead atoms. The molecule has 1 aromatic rings. The fourth-order valence-corrected chi connectivity index (χ4v) is 1.39. The highest BCUT2D eigenvalue weighted by atomic mass is 35.5. The maximum absolute atomic E-state index is 12.0. The number of rotatable bonds is 3. The molecular weight excluding hydrogens is 229 g/mol. The van der Waals surface area contributed by atoms with Crippen LogP contribution in [-0.4, -0.2) is 6.36 Å². The Balaban J connectivity index is 2.96. The van der Waals surface area contributed by atoms with Crippen LogP contribution in [-0.2, 0) is 6.42 Å². The average Bonchev–Trinajstić information content (AvgIpc) is 2.07. The van der Waals surface area contributed by atoms with Gasteiger partial charge < -0.3 is 4.74 Å². The van der Waals surface area contributed by atoms with Gasteiger partial charge in [-0.05, 0) is 24.1 Å². The zero-order chi connectivity index (χ0) is 11.5. The standard InChI is InChI=1S/C10H10ClF3O/c1-2-3-7-4-5-8(11)6-9(7)15-10(12,13)14/h4-6H,2-3H2,1H3. The maximum atomic E-state index is 12.0. The van der Waals surface area contributed by atoms with Gasteiger partial charge in [0, 0.05) is 5.02 Å². The fourth-order valence-electron chi connectivity index (χ4n) is 1.22. The maximum Gasteiger partial charge on any atom is 0.573 e. The Hall–Kier alpha value is -0.900. The van der Waals surface area contributed by atoms with Crippen LogP contribution >= 0.6 is 11.6 Å². The van der Waals surface area contributed by atoms with E-state index in [-0.39, 0.29) is 10.8 Å². The van der Waals surface area contributed by atoms with Crippen LogP contribution in [0.25, 0.3) is 0 Å². The van der Waals surface area contributed by atoms with Gasteiger partial charge in [-0.25, -0.2) is 0 Å². The summed E-state index contributed by atoms with van der Waals surface area (Å²) in [6, 6.07) is 4.28. The molecule has 0 fully saturated rings. The molecule has 0 heterocycles. The molecule has 0 saturated carbocycles. The Morgan fingerprint density at radius 3 is 2.53 bits per heavy atom. The SMILES string of the molecule is CCCc1ccc(Cl)cc1OC(F)(F)F. The summed E-state index contributed by atoms with van der Waals surface area (Å²) < 4.78 is 40.0. The molecular formula is C10H10ClF3O. The molecule has 1 nitrogen and oxygen atoms in total. The van der Waals surface area contributed by atoms with Gasteiger partial charge in [0.1, 0.15) is 5.75 Å². The van der Waals surface area contributed by atoms with E-state index in [1.165, 1.54) is 6.07 Å². The van der Waals surface area contributed by atoms with Gasteiger partial charge in [0.05, 0.1) is 0 Å². The average molecular weight is 239 g/mol. The molecule has 1 rings (SSSR count). The van der Waals surface area contributed by atoms with E-state index in [1.54, 1.807) is 12.1 Å². The molecule has 15 heavy (non-hydrogen) atoms. The number of hydrogen-bond acceptors (Lipinski definition) is 1. The topological polar surface area (TPSA) is 9.23 Å². The summed E-state index contributed by atoms with van der Waals surface area (Å²) in [6.45, 7) is 1.88. The van der Waals surface area contributed by atoms with Gasteiger partial charge in [-0.3, -0.25) is 0 Å². The molecule has 0 unspecified atom stereocenters. The summed E-state index contributed by atoms with van der Waals surface area (Å²) in [4.78, 5) is 0. The molecule has 0 radical (unpaired) electrons. The third kappa shape index (κ3) is 4.00. The summed E-state index contributed by atoms with van der Waals surface area (Å²) in [5.41, 5.74) is 0.513. The lowest BCUT2D eigenvalue weighted by Crippen LogP contribution is -2.18. The third-order valence-electron chi connectivity index (χ3n) is 1.77. The van der Waals surface area contributed by atoms with Crippen LogP contribution in [0.4, 0.5) is 13.2 Å². The first-order valence-electron chi connectivity index (χ1n) is 4.46. The van der Waals surface area contributed by atoms with Crippen LogP contribution in [0.2, 0.25) is 5.02 Å². The van der Waals surface area contributed by atoms with Gasteiger partial charge in [-0.1, -0.05) is 31.0 Å². The minimum atomic E-state index is -4.67. The number of hydrogen-bond donors (Lipinski definition) is 0. The predicted molar refractivity (Wildman–Crippen MR) is 52.1 cm³/mol. The Kier molecular flexibility index (Phi) is 3.85. The molecule has 1 aromatic carbocycles. The summed E-state index contributed by atoms with van der Waals surface area (Å²) in [5, 5.41) is 0.231. The predicted octanol–water partition coefficient (Wildman–Crippen LogP) is 4.19. The van der Waals surface area contributed by atoms with Crippen molar-refractivity contribution in [2.24, 2.45) is 0 Å². The molecule has 0 N–H and O–H groups in total. The van der Waals surface area contributed by atoms with E-state index in [1.807, 2.05) is 6.92 Å². The lowest BCUT2D eigenvalue weighted by Gasteiger charge is -2.13. The first-order valence-corrected chi connectivity index (χ1v) is 4.84. The van der Waals surface area contributed by atoms with Crippen LogP contribution < -0.4 is 4.74 Å². The largest absolute Gasteiger partial charge is 0.573 e. The second-order valence-electron chi connectivity index (χ2n) is 3.05. The van der Waals surface area contributed by atoms with E-state index in [0.29, 0.717) is 12.0 Å². The minimum absolute atomic E-state index is 0.211. The number of halogens is 4. The van der Waals surface area contributed by atoms with Gasteiger partial charge in [0.2, 0.25) is 0 Å². The van der Waals surface area contributed by atoms with Crippen LogP contribution in [0.15, 0.2) is 18.2 Å². The van der Waals surface area contributed by atoms with Gasteiger partial charge >= 0.3 is 6.36 Å². The number of aryl methyl sites for hydroxylation is 1. The van der Waals surface area contributed by atoms with Crippen molar-refractivity contribution >= 4 is 11.6 Å². The zero-order valence-electron chi connectivity index (χ0n) is 8.07. The van der Waals surface area contributed by atoms with Crippen molar-refractivity contribution in [2.75, 3.05) is 0 Å². The van der Waals surface area contributed by atoms with Gasteiger partial charge in [0.15, 0.2) is 0 Å². The second-order valence-corrected chi connectivity index (χ2v) is 3.49. The second kappa shape index (κ2) is 4.75. The van der Waals surface area contributed by atoms with Crippen molar-refractivity contribution in [3.63, 3.8) is 0 Å². The normalized spacial score (nSPS) is 11.5. The van der Waals surface area contributed by atoms with Crippen molar-refractivity contribution in [2.45, 2.75) is 26.1 Å². The van der Waals surface area contributed by atoms with E-state index < -0.39 is 6.36 Å². The smallest absolute Gasteiger partial charge is 0.405 e. The summed E-state index contributed by atoms with van der Waals surface area (Å²) in [5.74, 6) is -0.211. The number of ether oxygens (including phenoxy) is 1. The van der Waals surface area contributed by atoms with E-state index in [0.717, 1.165) is 6.42 Å².